The summed E-state index contributed by atoms with van der Waals surface area (Å²) >= 11 is 0. The summed E-state index contributed by atoms with van der Waals surface area (Å²) in [6.45, 7) is 2.26. The summed E-state index contributed by atoms with van der Waals surface area (Å²) in [6.07, 6.45) is 6.28. The highest BCUT2D eigenvalue weighted by Gasteiger charge is 2.23. The molecule has 2 unspecified atom stereocenters. The first-order chi connectivity index (χ1) is 9.75. The summed E-state index contributed by atoms with van der Waals surface area (Å²) in [6, 6.07) is 10.6. The predicted octanol–water partition coefficient (Wildman–Crippen LogP) is 2.20. The lowest BCUT2D eigenvalue weighted by molar-refractivity contribution is 0.209. The first-order valence-electron chi connectivity index (χ1n) is 7.26. The monoisotopic (exact) mass is 270 g/mol. The molecule has 1 aliphatic heterocycles. The van der Waals surface area contributed by atoms with E-state index in [9.17, 15) is 0 Å². The fourth-order valence-corrected chi connectivity index (χ4v) is 3.06. The van der Waals surface area contributed by atoms with E-state index in [4.69, 9.17) is 5.73 Å². The average Bonchev–Trinajstić information content (AvgIpc) is 2.97. The van der Waals surface area contributed by atoms with Crippen LogP contribution in [0.15, 0.2) is 42.9 Å². The maximum absolute atomic E-state index is 6.43. The minimum absolute atomic E-state index is 0.106. The molecule has 4 nitrogen and oxygen atoms in total. The molecule has 0 spiro atoms. The number of hydrogen-bond acceptors (Lipinski definition) is 3. The van der Waals surface area contributed by atoms with Gasteiger partial charge < -0.3 is 15.2 Å². The van der Waals surface area contributed by atoms with Crippen molar-refractivity contribution in [2.24, 2.45) is 5.73 Å². The van der Waals surface area contributed by atoms with E-state index in [1.165, 1.54) is 19.4 Å². The van der Waals surface area contributed by atoms with Crippen molar-refractivity contribution in [3.63, 3.8) is 0 Å². The Labute approximate surface area is 120 Å². The van der Waals surface area contributed by atoms with Gasteiger partial charge in [-0.25, -0.2) is 4.98 Å². The molecule has 1 saturated heterocycles. The maximum Gasteiger partial charge on any atom is 0.0951 e. The van der Waals surface area contributed by atoms with Crippen LogP contribution in [-0.2, 0) is 0 Å². The highest BCUT2D eigenvalue weighted by molar-refractivity contribution is 5.26. The number of nitrogens with two attached hydrogens (primary N) is 1. The maximum atomic E-state index is 6.43. The van der Waals surface area contributed by atoms with E-state index in [1.54, 1.807) is 0 Å². The molecule has 1 aliphatic rings. The van der Waals surface area contributed by atoms with Gasteiger partial charge in [0.25, 0.3) is 0 Å². The van der Waals surface area contributed by atoms with Gasteiger partial charge in [0.05, 0.1) is 24.3 Å². The first-order valence-corrected chi connectivity index (χ1v) is 7.26. The zero-order valence-electron chi connectivity index (χ0n) is 11.9. The van der Waals surface area contributed by atoms with Gasteiger partial charge in [-0.2, -0.15) is 0 Å². The summed E-state index contributed by atoms with van der Waals surface area (Å²) in [7, 11) is 2.18. The van der Waals surface area contributed by atoms with Crippen molar-refractivity contribution in [3.8, 4) is 0 Å². The molecule has 3 rings (SSSR count). The Morgan fingerprint density at radius 1 is 1.30 bits per heavy atom. The van der Waals surface area contributed by atoms with Crippen molar-refractivity contribution in [2.75, 3.05) is 20.1 Å². The average molecular weight is 270 g/mol. The second-order valence-electron chi connectivity index (χ2n) is 5.67. The van der Waals surface area contributed by atoms with Crippen molar-refractivity contribution in [3.05, 3.63) is 54.1 Å². The molecule has 4 heteroatoms. The van der Waals surface area contributed by atoms with Crippen molar-refractivity contribution < 1.29 is 0 Å². The Kier molecular flexibility index (Phi) is 3.85. The van der Waals surface area contributed by atoms with E-state index < -0.39 is 0 Å². The molecule has 2 heterocycles. The third-order valence-electron chi connectivity index (χ3n) is 4.17. The number of rotatable bonds is 3. The van der Waals surface area contributed by atoms with Crippen LogP contribution in [0, 0.1) is 0 Å². The summed E-state index contributed by atoms with van der Waals surface area (Å²) in [5.41, 5.74) is 8.67. The van der Waals surface area contributed by atoms with Crippen LogP contribution in [0.25, 0.3) is 0 Å². The Balaban J connectivity index is 1.86. The molecule has 0 saturated carbocycles. The molecule has 2 N–H and O–H groups in total. The number of hydrogen-bond donors (Lipinski definition) is 1. The third kappa shape index (κ3) is 2.62. The molecular weight excluding hydrogens is 248 g/mol. The van der Waals surface area contributed by atoms with Gasteiger partial charge in [0, 0.05) is 12.6 Å². The van der Waals surface area contributed by atoms with Crippen molar-refractivity contribution >= 4 is 0 Å². The normalized spacial score (nSPS) is 21.8. The number of nitrogens with zero attached hydrogens (tertiary/aromatic N) is 3. The lowest BCUT2D eigenvalue weighted by Crippen LogP contribution is -2.34. The molecule has 2 aromatic rings. The summed E-state index contributed by atoms with van der Waals surface area (Å²) in [5.74, 6) is 0. The van der Waals surface area contributed by atoms with Crippen LogP contribution in [-0.4, -0.2) is 34.6 Å². The van der Waals surface area contributed by atoms with Gasteiger partial charge in [-0.15, -0.1) is 0 Å². The number of piperidine rings is 1. The molecule has 0 bridgehead atoms. The van der Waals surface area contributed by atoms with Crippen LogP contribution in [0.2, 0.25) is 0 Å². The SMILES string of the molecule is CN1CCCC(n2cncc2C(N)c2ccccc2)C1. The quantitative estimate of drug-likeness (QED) is 0.930. The Morgan fingerprint density at radius 3 is 2.85 bits per heavy atom. The third-order valence-corrected chi connectivity index (χ3v) is 4.17. The molecule has 0 aliphatic carbocycles. The van der Waals surface area contributed by atoms with E-state index in [2.05, 4.69) is 33.6 Å². The highest BCUT2D eigenvalue weighted by Crippen LogP contribution is 2.26. The number of likely N-dealkylation sites (N-methyl/N-ethyl adjacent to an activating group) is 1. The van der Waals surface area contributed by atoms with Crippen LogP contribution in [0.5, 0.6) is 0 Å². The molecule has 1 aromatic carbocycles. The van der Waals surface area contributed by atoms with Crippen LogP contribution in [0.1, 0.15) is 36.2 Å². The minimum atomic E-state index is -0.106. The highest BCUT2D eigenvalue weighted by atomic mass is 15.2. The summed E-state index contributed by atoms with van der Waals surface area (Å²) < 4.78 is 2.27. The van der Waals surface area contributed by atoms with Gasteiger partial charge in [-0.05, 0) is 32.0 Å². The van der Waals surface area contributed by atoms with Crippen LogP contribution in [0.4, 0.5) is 0 Å². The van der Waals surface area contributed by atoms with E-state index in [0.29, 0.717) is 6.04 Å². The number of aromatic nitrogens is 2. The first kappa shape index (κ1) is 13.3. The van der Waals surface area contributed by atoms with Gasteiger partial charge >= 0.3 is 0 Å². The topological polar surface area (TPSA) is 47.1 Å². The lowest BCUT2D eigenvalue weighted by atomic mass is 10.0. The van der Waals surface area contributed by atoms with Crippen LogP contribution < -0.4 is 5.73 Å². The standard InChI is InChI=1S/C16H22N4/c1-19-9-5-8-14(11-19)20-12-18-10-15(20)16(17)13-6-3-2-4-7-13/h2-4,6-7,10,12,14,16H,5,8-9,11,17H2,1H3. The number of imidazole rings is 1. The van der Waals surface area contributed by atoms with Gasteiger partial charge in [-0.3, -0.25) is 0 Å². The summed E-state index contributed by atoms with van der Waals surface area (Å²) in [4.78, 5) is 6.71. The largest absolute Gasteiger partial charge is 0.328 e. The molecule has 106 valence electrons. The second-order valence-corrected chi connectivity index (χ2v) is 5.67. The van der Waals surface area contributed by atoms with Gasteiger partial charge in [0.15, 0.2) is 0 Å². The predicted molar refractivity (Wildman–Crippen MR) is 80.5 cm³/mol. The van der Waals surface area contributed by atoms with E-state index in [0.717, 1.165) is 17.8 Å². The second kappa shape index (κ2) is 5.77. The van der Waals surface area contributed by atoms with Crippen molar-refractivity contribution in [2.45, 2.75) is 24.9 Å². The number of likely N-dealkylation sites (tertiary alicyclic amines) is 1. The minimum Gasteiger partial charge on any atom is -0.328 e. The molecule has 2 atom stereocenters. The van der Waals surface area contributed by atoms with E-state index >= 15 is 0 Å². The molecule has 0 amide bonds. The van der Waals surface area contributed by atoms with Crippen molar-refractivity contribution in [1.29, 1.82) is 0 Å². The lowest BCUT2D eigenvalue weighted by Gasteiger charge is -2.32. The Morgan fingerprint density at radius 2 is 2.10 bits per heavy atom. The fraction of sp³-hybridized carbons (Fsp3) is 0.438. The molecule has 20 heavy (non-hydrogen) atoms. The molecule has 0 radical (unpaired) electrons. The van der Waals surface area contributed by atoms with E-state index in [1.807, 2.05) is 30.7 Å². The smallest absolute Gasteiger partial charge is 0.0951 e. The molecular formula is C16H22N4. The van der Waals surface area contributed by atoms with Gasteiger partial charge in [-0.1, -0.05) is 30.3 Å². The summed E-state index contributed by atoms with van der Waals surface area (Å²) in [5, 5.41) is 0. The Hall–Kier alpha value is -1.65. The van der Waals surface area contributed by atoms with Crippen LogP contribution >= 0.6 is 0 Å². The van der Waals surface area contributed by atoms with Crippen LogP contribution in [0.3, 0.4) is 0 Å². The van der Waals surface area contributed by atoms with Crippen molar-refractivity contribution in [1.82, 2.24) is 14.5 Å². The van der Waals surface area contributed by atoms with Gasteiger partial charge in [0.2, 0.25) is 0 Å². The number of benzene rings is 1. The zero-order chi connectivity index (χ0) is 13.9. The molecule has 1 aromatic heterocycles. The Bertz CT molecular complexity index is 549. The molecule has 1 fully saturated rings. The van der Waals surface area contributed by atoms with E-state index in [-0.39, 0.29) is 6.04 Å². The zero-order valence-corrected chi connectivity index (χ0v) is 11.9. The van der Waals surface area contributed by atoms with Gasteiger partial charge in [0.1, 0.15) is 0 Å². The fourth-order valence-electron chi connectivity index (χ4n) is 3.06.